The number of quaternary nitrogens is 1. The lowest BCUT2D eigenvalue weighted by atomic mass is 10.0. The van der Waals surface area contributed by atoms with Crippen LogP contribution in [0.4, 0.5) is 0 Å². The van der Waals surface area contributed by atoms with E-state index >= 15 is 0 Å². The van der Waals surface area contributed by atoms with Crippen molar-refractivity contribution in [2.75, 3.05) is 47.5 Å². The lowest BCUT2D eigenvalue weighted by Gasteiger charge is -2.24. The summed E-state index contributed by atoms with van der Waals surface area (Å²) in [6, 6.07) is 0. The highest BCUT2D eigenvalue weighted by atomic mass is 31.2. The number of phosphoric acid groups is 1. The number of epoxide rings is 1. The van der Waals surface area contributed by atoms with E-state index in [1.54, 1.807) is 6.26 Å². The average Bonchev–Trinajstić information content (AvgIpc) is 3.87. The van der Waals surface area contributed by atoms with E-state index < -0.39 is 13.9 Å². The molecule has 1 heterocycles. The van der Waals surface area contributed by atoms with E-state index in [2.05, 4.69) is 26.0 Å². The Hall–Kier alpha value is -1.22. The zero-order chi connectivity index (χ0) is 39.6. The van der Waals surface area contributed by atoms with Crippen molar-refractivity contribution in [3.05, 3.63) is 24.5 Å². The molecule has 0 aromatic rings. The van der Waals surface area contributed by atoms with Gasteiger partial charge in [-0.25, -0.2) is 4.57 Å². The van der Waals surface area contributed by atoms with E-state index in [1.165, 1.54) is 109 Å². The van der Waals surface area contributed by atoms with Crippen molar-refractivity contribution in [2.24, 2.45) is 0 Å². The van der Waals surface area contributed by atoms with Gasteiger partial charge < -0.3 is 23.6 Å². The van der Waals surface area contributed by atoms with Gasteiger partial charge in [-0.15, -0.1) is 0 Å². The van der Waals surface area contributed by atoms with E-state index in [1.807, 2.05) is 27.2 Å². The largest absolute Gasteiger partial charge is 0.498 e. The summed E-state index contributed by atoms with van der Waals surface area (Å²) >= 11 is 0. The normalized spacial score (nSPS) is 17.7. The second-order valence-corrected chi connectivity index (χ2v) is 18.0. The number of nitrogens with zero attached hydrogens (tertiary/aromatic N) is 1. The minimum Gasteiger partial charge on any atom is -0.498 e. The van der Waals surface area contributed by atoms with Crippen LogP contribution in [0.1, 0.15) is 187 Å². The van der Waals surface area contributed by atoms with Gasteiger partial charge in [0, 0.05) is 6.42 Å². The predicted molar refractivity (Wildman–Crippen MR) is 223 cm³/mol. The summed E-state index contributed by atoms with van der Waals surface area (Å²) in [5, 5.41) is 0. The highest BCUT2D eigenvalue weighted by Gasteiger charge is 2.36. The van der Waals surface area contributed by atoms with Gasteiger partial charge in [0.15, 0.2) is 6.10 Å². The molecule has 318 valence electrons. The number of rotatable bonds is 40. The second kappa shape index (κ2) is 33.9. The van der Waals surface area contributed by atoms with Crippen molar-refractivity contribution in [2.45, 2.75) is 206 Å². The van der Waals surface area contributed by atoms with Crippen molar-refractivity contribution in [1.29, 1.82) is 0 Å². The lowest BCUT2D eigenvalue weighted by molar-refractivity contribution is -0.870. The number of hydrogen-bond acceptors (Lipinski definition) is 7. The molecule has 4 atom stereocenters. The SMILES string of the molecule is CCCCCCCCCCCCCCCC/C=C/OC[C@H](COP(=O)(O)OCC[N+](C)(C)C)OC(=O)CCCCCCC/C=C\CC1OC1CCCCC. The zero-order valence-electron chi connectivity index (χ0n) is 35.7. The number of carbonyl (C=O) groups is 1. The summed E-state index contributed by atoms with van der Waals surface area (Å²) in [7, 11) is 1.62. The molecule has 0 radical (unpaired) electrons. The van der Waals surface area contributed by atoms with Crippen LogP contribution in [-0.2, 0) is 32.6 Å². The van der Waals surface area contributed by atoms with Crippen molar-refractivity contribution < 1.29 is 42.0 Å². The molecule has 9 nitrogen and oxygen atoms in total. The third kappa shape index (κ3) is 34.1. The quantitative estimate of drug-likeness (QED) is 0.0125. The molecule has 1 N–H and O–H groups in total. The smallest absolute Gasteiger partial charge is 0.472 e. The molecular formula is C44H85NO8P+. The van der Waals surface area contributed by atoms with E-state index in [-0.39, 0.29) is 25.8 Å². The van der Waals surface area contributed by atoms with Gasteiger partial charge in [0.1, 0.15) is 19.8 Å². The first-order valence-corrected chi connectivity index (χ1v) is 23.7. The fourth-order valence-electron chi connectivity index (χ4n) is 6.41. The standard InChI is InChI=1S/C44H84NO8P/c1-6-8-10-11-12-13-14-15-16-17-18-19-22-25-28-32-37-49-39-41(40-51-54(47,48)50-38-36-45(3,4)5)52-44(46)35-31-27-24-21-20-23-26-30-34-43-42(53-43)33-29-9-7-2/h26,30,32,37,41-43H,6-25,27-29,31,33-36,38-40H2,1-5H3/p+1/b30-26-,37-32+/t41-,42?,43?/m1/s1. The van der Waals surface area contributed by atoms with Gasteiger partial charge in [-0.05, 0) is 51.0 Å². The van der Waals surface area contributed by atoms with E-state index in [0.717, 1.165) is 57.8 Å². The second-order valence-electron chi connectivity index (χ2n) is 16.5. The molecule has 10 heteroatoms. The van der Waals surface area contributed by atoms with Crippen LogP contribution in [0, 0.1) is 0 Å². The van der Waals surface area contributed by atoms with E-state index in [4.69, 9.17) is 23.3 Å². The molecule has 1 saturated heterocycles. The number of carbonyl (C=O) groups excluding carboxylic acids is 1. The van der Waals surface area contributed by atoms with Gasteiger partial charge in [-0.2, -0.15) is 0 Å². The molecule has 1 aliphatic heterocycles. The van der Waals surface area contributed by atoms with Gasteiger partial charge in [-0.3, -0.25) is 13.8 Å². The predicted octanol–water partition coefficient (Wildman–Crippen LogP) is 12.2. The third-order valence-electron chi connectivity index (χ3n) is 10.0. The number of hydrogen-bond donors (Lipinski definition) is 1. The maximum atomic E-state index is 12.7. The van der Waals surface area contributed by atoms with Crippen LogP contribution in [0.2, 0.25) is 0 Å². The Labute approximate surface area is 332 Å². The first-order chi connectivity index (χ1) is 26.1. The van der Waals surface area contributed by atoms with Crippen molar-refractivity contribution >= 4 is 13.8 Å². The van der Waals surface area contributed by atoms with Crippen molar-refractivity contribution in [3.63, 3.8) is 0 Å². The summed E-state index contributed by atoms with van der Waals surface area (Å²) in [5.41, 5.74) is 0. The molecule has 1 fully saturated rings. The molecular weight excluding hydrogens is 701 g/mol. The summed E-state index contributed by atoms with van der Waals surface area (Å²) in [4.78, 5) is 22.9. The number of unbranched alkanes of at least 4 members (excludes halogenated alkanes) is 21. The lowest BCUT2D eigenvalue weighted by Crippen LogP contribution is -2.37. The van der Waals surface area contributed by atoms with Gasteiger partial charge in [0.2, 0.25) is 0 Å². The van der Waals surface area contributed by atoms with Crippen LogP contribution in [0.15, 0.2) is 24.5 Å². The minimum atomic E-state index is -4.29. The van der Waals surface area contributed by atoms with Gasteiger partial charge >= 0.3 is 13.8 Å². The van der Waals surface area contributed by atoms with E-state index in [0.29, 0.717) is 29.7 Å². The molecule has 0 amide bonds. The Morgan fingerprint density at radius 2 is 1.22 bits per heavy atom. The topological polar surface area (TPSA) is 104 Å². The van der Waals surface area contributed by atoms with Crippen LogP contribution < -0.4 is 0 Å². The molecule has 1 aliphatic rings. The Bertz CT molecular complexity index is 984. The molecule has 54 heavy (non-hydrogen) atoms. The number of likely N-dealkylation sites (N-methyl/N-ethyl adjacent to an activating group) is 1. The maximum absolute atomic E-state index is 12.7. The number of esters is 1. The Morgan fingerprint density at radius 1 is 0.685 bits per heavy atom. The van der Waals surface area contributed by atoms with Crippen LogP contribution >= 0.6 is 7.82 Å². The maximum Gasteiger partial charge on any atom is 0.472 e. The number of phosphoric ester groups is 1. The third-order valence-corrected chi connectivity index (χ3v) is 11.0. The van der Waals surface area contributed by atoms with Crippen LogP contribution in [0.5, 0.6) is 0 Å². The fourth-order valence-corrected chi connectivity index (χ4v) is 7.15. The average molecular weight is 787 g/mol. The zero-order valence-corrected chi connectivity index (χ0v) is 36.6. The van der Waals surface area contributed by atoms with Crippen molar-refractivity contribution in [1.82, 2.24) is 0 Å². The summed E-state index contributed by atoms with van der Waals surface area (Å²) in [6.07, 6.45) is 40.4. The molecule has 0 saturated carbocycles. The monoisotopic (exact) mass is 787 g/mol. The molecule has 0 aliphatic carbocycles. The minimum absolute atomic E-state index is 0.0414. The van der Waals surface area contributed by atoms with Crippen LogP contribution in [-0.4, -0.2) is 81.2 Å². The summed E-state index contributed by atoms with van der Waals surface area (Å²) < 4.78 is 40.5. The molecule has 0 bridgehead atoms. The number of allylic oxidation sites excluding steroid dienone is 2. The molecule has 0 aromatic carbocycles. The summed E-state index contributed by atoms with van der Waals surface area (Å²) in [6.45, 7) is 4.89. The van der Waals surface area contributed by atoms with Crippen molar-refractivity contribution in [3.8, 4) is 0 Å². The fraction of sp³-hybridized carbons (Fsp3) is 0.886. The highest BCUT2D eigenvalue weighted by molar-refractivity contribution is 7.47. The molecule has 0 aromatic heterocycles. The Balaban J connectivity index is 2.24. The summed E-state index contributed by atoms with van der Waals surface area (Å²) in [5.74, 6) is -0.351. The first kappa shape index (κ1) is 50.8. The van der Waals surface area contributed by atoms with Crippen LogP contribution in [0.25, 0.3) is 0 Å². The molecule has 3 unspecified atom stereocenters. The van der Waals surface area contributed by atoms with E-state index in [9.17, 15) is 14.3 Å². The van der Waals surface area contributed by atoms with Gasteiger partial charge in [0.05, 0.1) is 46.2 Å². The van der Waals surface area contributed by atoms with Gasteiger partial charge in [0.25, 0.3) is 0 Å². The number of ether oxygens (including phenoxy) is 3. The van der Waals surface area contributed by atoms with Crippen LogP contribution in [0.3, 0.4) is 0 Å². The molecule has 0 spiro atoms. The molecule has 1 rings (SSSR count). The van der Waals surface area contributed by atoms with Gasteiger partial charge in [-0.1, -0.05) is 148 Å². The first-order valence-electron chi connectivity index (χ1n) is 22.2. The Morgan fingerprint density at radius 3 is 1.81 bits per heavy atom. The highest BCUT2D eigenvalue weighted by Crippen LogP contribution is 2.43. The Kier molecular flexibility index (Phi) is 31.9.